The van der Waals surface area contributed by atoms with Crippen LogP contribution in [-0.2, 0) is 9.53 Å². The van der Waals surface area contributed by atoms with Crippen LogP contribution in [0.5, 0.6) is 0 Å². The van der Waals surface area contributed by atoms with E-state index in [1.807, 2.05) is 30.3 Å². The summed E-state index contributed by atoms with van der Waals surface area (Å²) in [6.07, 6.45) is 6.22. The lowest BCUT2D eigenvalue weighted by Crippen LogP contribution is -2.26. The van der Waals surface area contributed by atoms with Gasteiger partial charge in [0.25, 0.3) is 0 Å². The average Bonchev–Trinajstić information content (AvgIpc) is 2.48. The van der Waals surface area contributed by atoms with Gasteiger partial charge in [0.15, 0.2) is 0 Å². The topological polar surface area (TPSA) is 52.3 Å². The minimum Gasteiger partial charge on any atom is -0.465 e. The van der Waals surface area contributed by atoms with E-state index in [0.717, 1.165) is 5.56 Å². The molecule has 1 aliphatic carbocycles. The number of rotatable bonds is 5. The predicted molar refractivity (Wildman–Crippen MR) is 75.8 cm³/mol. The Morgan fingerprint density at radius 1 is 1.21 bits per heavy atom. The summed E-state index contributed by atoms with van der Waals surface area (Å²) in [5, 5.41) is 0. The molecule has 3 nitrogen and oxygen atoms in total. The van der Waals surface area contributed by atoms with Crippen molar-refractivity contribution in [3.8, 4) is 0 Å². The second kappa shape index (κ2) is 7.29. The van der Waals surface area contributed by atoms with E-state index in [2.05, 4.69) is 0 Å². The fourth-order valence-electron chi connectivity index (χ4n) is 2.71. The molecule has 1 unspecified atom stereocenters. The zero-order chi connectivity index (χ0) is 13.5. The summed E-state index contributed by atoms with van der Waals surface area (Å²) in [5.41, 5.74) is 6.66. The van der Waals surface area contributed by atoms with E-state index in [-0.39, 0.29) is 11.9 Å². The van der Waals surface area contributed by atoms with Crippen LogP contribution in [0.1, 0.15) is 43.6 Å². The molecule has 0 amide bonds. The van der Waals surface area contributed by atoms with Crippen molar-refractivity contribution in [3.63, 3.8) is 0 Å². The first-order valence-corrected chi connectivity index (χ1v) is 7.23. The van der Waals surface area contributed by atoms with Gasteiger partial charge in [-0.3, -0.25) is 4.79 Å². The van der Waals surface area contributed by atoms with Gasteiger partial charge in [-0.25, -0.2) is 0 Å². The molecule has 0 aliphatic heterocycles. The number of carbonyl (C=O) groups excluding carboxylic acids is 1. The summed E-state index contributed by atoms with van der Waals surface area (Å²) in [7, 11) is 0. The standard InChI is InChI=1S/C16H23NO2/c17-11-15(14-9-5-2-6-10-14)16(18)19-12-13-7-3-1-4-8-13/h2,5-6,9-10,13,15H,1,3-4,7-8,11-12,17H2. The van der Waals surface area contributed by atoms with Gasteiger partial charge in [0.1, 0.15) is 0 Å². The highest BCUT2D eigenvalue weighted by Gasteiger charge is 2.22. The molecule has 1 atom stereocenters. The summed E-state index contributed by atoms with van der Waals surface area (Å²) < 4.78 is 5.47. The molecule has 2 N–H and O–H groups in total. The Balaban J connectivity index is 1.86. The number of nitrogens with two attached hydrogens (primary N) is 1. The molecule has 3 heteroatoms. The fourth-order valence-corrected chi connectivity index (χ4v) is 2.71. The van der Waals surface area contributed by atoms with Crippen molar-refractivity contribution in [2.75, 3.05) is 13.2 Å². The highest BCUT2D eigenvalue weighted by molar-refractivity contribution is 5.78. The summed E-state index contributed by atoms with van der Waals surface area (Å²) in [6.45, 7) is 0.857. The van der Waals surface area contributed by atoms with Crippen LogP contribution < -0.4 is 5.73 Å². The van der Waals surface area contributed by atoms with Crippen molar-refractivity contribution < 1.29 is 9.53 Å². The Morgan fingerprint density at radius 3 is 2.53 bits per heavy atom. The molecule has 104 valence electrons. The van der Waals surface area contributed by atoms with Crippen molar-refractivity contribution in [2.45, 2.75) is 38.0 Å². The molecule has 1 aromatic carbocycles. The first-order chi connectivity index (χ1) is 9.31. The van der Waals surface area contributed by atoms with Crippen molar-refractivity contribution in [1.82, 2.24) is 0 Å². The maximum Gasteiger partial charge on any atom is 0.314 e. The van der Waals surface area contributed by atoms with E-state index >= 15 is 0 Å². The van der Waals surface area contributed by atoms with Crippen molar-refractivity contribution in [2.24, 2.45) is 11.7 Å². The molecule has 0 aromatic heterocycles. The quantitative estimate of drug-likeness (QED) is 0.829. The molecule has 0 bridgehead atoms. The van der Waals surface area contributed by atoms with Gasteiger partial charge in [0.05, 0.1) is 12.5 Å². The normalized spacial score (nSPS) is 17.9. The molecule has 19 heavy (non-hydrogen) atoms. The van der Waals surface area contributed by atoms with E-state index < -0.39 is 0 Å². The maximum absolute atomic E-state index is 12.1. The van der Waals surface area contributed by atoms with Crippen LogP contribution in [-0.4, -0.2) is 19.1 Å². The number of hydrogen-bond donors (Lipinski definition) is 1. The lowest BCUT2D eigenvalue weighted by molar-refractivity contribution is -0.147. The van der Waals surface area contributed by atoms with Crippen molar-refractivity contribution in [3.05, 3.63) is 35.9 Å². The highest BCUT2D eigenvalue weighted by atomic mass is 16.5. The van der Waals surface area contributed by atoms with Gasteiger partial charge in [0.2, 0.25) is 0 Å². The van der Waals surface area contributed by atoms with Crippen LogP contribution >= 0.6 is 0 Å². The first-order valence-electron chi connectivity index (χ1n) is 7.23. The van der Waals surface area contributed by atoms with Gasteiger partial charge in [-0.2, -0.15) is 0 Å². The molecular weight excluding hydrogens is 238 g/mol. The molecule has 1 saturated carbocycles. The summed E-state index contributed by atoms with van der Waals surface area (Å²) in [5.74, 6) is 0.0379. The lowest BCUT2D eigenvalue weighted by atomic mass is 9.90. The third-order valence-electron chi connectivity index (χ3n) is 3.91. The van der Waals surface area contributed by atoms with Crippen LogP contribution in [0.25, 0.3) is 0 Å². The van der Waals surface area contributed by atoms with E-state index in [9.17, 15) is 4.79 Å². The highest BCUT2D eigenvalue weighted by Crippen LogP contribution is 2.24. The summed E-state index contributed by atoms with van der Waals surface area (Å²) in [4.78, 5) is 12.1. The molecule has 1 fully saturated rings. The van der Waals surface area contributed by atoms with E-state index in [0.29, 0.717) is 19.1 Å². The number of ether oxygens (including phenoxy) is 1. The van der Waals surface area contributed by atoms with Crippen LogP contribution in [0.2, 0.25) is 0 Å². The van der Waals surface area contributed by atoms with Gasteiger partial charge in [-0.1, -0.05) is 49.6 Å². The van der Waals surface area contributed by atoms with Gasteiger partial charge in [-0.15, -0.1) is 0 Å². The molecular formula is C16H23NO2. The fraction of sp³-hybridized carbons (Fsp3) is 0.562. The Bertz CT molecular complexity index is 385. The smallest absolute Gasteiger partial charge is 0.314 e. The molecule has 0 saturated heterocycles. The summed E-state index contributed by atoms with van der Waals surface area (Å²) in [6, 6.07) is 9.64. The third kappa shape index (κ3) is 4.06. The van der Waals surface area contributed by atoms with Crippen LogP contribution in [0.4, 0.5) is 0 Å². The van der Waals surface area contributed by atoms with E-state index in [4.69, 9.17) is 10.5 Å². The van der Waals surface area contributed by atoms with Crippen molar-refractivity contribution >= 4 is 5.97 Å². The largest absolute Gasteiger partial charge is 0.465 e. The zero-order valence-corrected chi connectivity index (χ0v) is 11.4. The average molecular weight is 261 g/mol. The van der Waals surface area contributed by atoms with Gasteiger partial charge in [0, 0.05) is 6.54 Å². The molecule has 0 spiro atoms. The Morgan fingerprint density at radius 2 is 1.89 bits per heavy atom. The molecule has 1 aliphatic rings. The zero-order valence-electron chi connectivity index (χ0n) is 11.4. The van der Waals surface area contributed by atoms with Gasteiger partial charge >= 0.3 is 5.97 Å². The van der Waals surface area contributed by atoms with Crippen LogP contribution in [0.3, 0.4) is 0 Å². The number of benzene rings is 1. The minimum atomic E-state index is -0.329. The molecule has 2 rings (SSSR count). The Kier molecular flexibility index (Phi) is 5.40. The Labute approximate surface area is 115 Å². The lowest BCUT2D eigenvalue weighted by Gasteiger charge is -2.22. The Hall–Kier alpha value is -1.35. The monoisotopic (exact) mass is 261 g/mol. The SMILES string of the molecule is NCC(C(=O)OCC1CCCCC1)c1ccccc1. The van der Waals surface area contributed by atoms with Gasteiger partial charge < -0.3 is 10.5 Å². The maximum atomic E-state index is 12.1. The summed E-state index contributed by atoms with van der Waals surface area (Å²) >= 11 is 0. The van der Waals surface area contributed by atoms with Gasteiger partial charge in [-0.05, 0) is 24.3 Å². The van der Waals surface area contributed by atoms with Crippen LogP contribution in [0, 0.1) is 5.92 Å². The van der Waals surface area contributed by atoms with E-state index in [1.165, 1.54) is 32.1 Å². The molecule has 0 radical (unpaired) electrons. The third-order valence-corrected chi connectivity index (χ3v) is 3.91. The number of carbonyl (C=O) groups is 1. The second-order valence-corrected chi connectivity index (χ2v) is 5.33. The predicted octanol–water partition coefficient (Wildman–Crippen LogP) is 2.85. The number of hydrogen-bond acceptors (Lipinski definition) is 3. The first kappa shape index (κ1) is 14.1. The molecule has 1 aromatic rings. The molecule has 0 heterocycles. The second-order valence-electron chi connectivity index (χ2n) is 5.33. The minimum absolute atomic E-state index is 0.181. The van der Waals surface area contributed by atoms with Crippen LogP contribution in [0.15, 0.2) is 30.3 Å². The number of esters is 1. The van der Waals surface area contributed by atoms with Crippen molar-refractivity contribution in [1.29, 1.82) is 0 Å². The van der Waals surface area contributed by atoms with E-state index in [1.54, 1.807) is 0 Å².